The van der Waals surface area contributed by atoms with Gasteiger partial charge in [-0.25, -0.2) is 0 Å². The van der Waals surface area contributed by atoms with Gasteiger partial charge in [0.1, 0.15) is 19.0 Å². The fourth-order valence-corrected chi connectivity index (χ4v) is 2.32. The van der Waals surface area contributed by atoms with Crippen molar-refractivity contribution in [3.8, 4) is 11.5 Å². The molecular weight excluding hydrogens is 288 g/mol. The Morgan fingerprint density at radius 3 is 2.65 bits per heavy atom. The smallest absolute Gasteiger partial charge is 0.172 e. The molecule has 4 nitrogen and oxygen atoms in total. The Kier molecular flexibility index (Phi) is 3.47. The van der Waals surface area contributed by atoms with E-state index in [0.29, 0.717) is 34.7 Å². The van der Waals surface area contributed by atoms with Crippen LogP contribution in [-0.4, -0.2) is 25.3 Å². The summed E-state index contributed by atoms with van der Waals surface area (Å²) in [5.41, 5.74) is 1.16. The van der Waals surface area contributed by atoms with Crippen molar-refractivity contribution in [2.24, 2.45) is 0 Å². The Balaban J connectivity index is 2.58. The van der Waals surface area contributed by atoms with Crippen LogP contribution in [0.3, 0.4) is 0 Å². The van der Waals surface area contributed by atoms with E-state index in [1.54, 1.807) is 6.07 Å². The summed E-state index contributed by atoms with van der Waals surface area (Å²) >= 11 is 3.35. The average molecular weight is 299 g/mol. The first kappa shape index (κ1) is 12.1. The maximum absolute atomic E-state index is 11.2. The molecule has 0 aliphatic carbocycles. The zero-order valence-corrected chi connectivity index (χ0v) is 10.9. The van der Waals surface area contributed by atoms with Gasteiger partial charge in [-0.15, -0.1) is 0 Å². The number of rotatable bonds is 3. The van der Waals surface area contributed by atoms with E-state index in [1.807, 2.05) is 0 Å². The number of halogens is 1. The van der Waals surface area contributed by atoms with Gasteiger partial charge in [0.2, 0.25) is 0 Å². The zero-order chi connectivity index (χ0) is 12.4. The second-order valence-electron chi connectivity index (χ2n) is 3.78. The summed E-state index contributed by atoms with van der Waals surface area (Å²) in [7, 11) is 0. The quantitative estimate of drug-likeness (QED) is 0.803. The van der Waals surface area contributed by atoms with Crippen LogP contribution in [0.4, 0.5) is 0 Å². The van der Waals surface area contributed by atoms with Crippen molar-refractivity contribution in [3.05, 3.63) is 21.7 Å². The molecule has 0 N–H and O–H groups in total. The van der Waals surface area contributed by atoms with Gasteiger partial charge < -0.3 is 9.47 Å². The Labute approximate surface area is 107 Å². The fourth-order valence-electron chi connectivity index (χ4n) is 1.76. The van der Waals surface area contributed by atoms with Gasteiger partial charge in [-0.05, 0) is 13.0 Å². The molecule has 90 valence electrons. The van der Waals surface area contributed by atoms with Gasteiger partial charge in [0.25, 0.3) is 0 Å². The first-order valence-electron chi connectivity index (χ1n) is 5.19. The Hall–Kier alpha value is -1.36. The highest BCUT2D eigenvalue weighted by atomic mass is 79.9. The average Bonchev–Trinajstić information content (AvgIpc) is 2.32. The second-order valence-corrected chi connectivity index (χ2v) is 4.63. The molecule has 1 heterocycles. The molecule has 0 amide bonds. The number of hydrogen-bond donors (Lipinski definition) is 0. The van der Waals surface area contributed by atoms with Crippen molar-refractivity contribution in [3.63, 3.8) is 0 Å². The number of Topliss-reactive ketones (excluding diaryl/α,β-unsaturated/α-hetero) is 1. The van der Waals surface area contributed by atoms with Gasteiger partial charge in [-0.2, -0.15) is 0 Å². The van der Waals surface area contributed by atoms with Crippen LogP contribution in [0.15, 0.2) is 10.5 Å². The fraction of sp³-hybridized carbons (Fsp3) is 0.333. The van der Waals surface area contributed by atoms with Crippen LogP contribution in [-0.2, 0) is 11.2 Å². The second kappa shape index (κ2) is 4.87. The lowest BCUT2D eigenvalue weighted by Crippen LogP contribution is -2.18. The van der Waals surface area contributed by atoms with Crippen molar-refractivity contribution in [2.45, 2.75) is 13.3 Å². The van der Waals surface area contributed by atoms with Gasteiger partial charge in [-0.1, -0.05) is 15.9 Å². The molecule has 0 aromatic heterocycles. The maximum atomic E-state index is 11.2. The predicted molar refractivity (Wildman–Crippen MR) is 64.9 cm³/mol. The Morgan fingerprint density at radius 2 is 2.06 bits per heavy atom. The summed E-state index contributed by atoms with van der Waals surface area (Å²) in [5, 5.41) is 0. The van der Waals surface area contributed by atoms with E-state index < -0.39 is 0 Å². The summed E-state index contributed by atoms with van der Waals surface area (Å²) in [6.07, 6.45) is 0.973. The summed E-state index contributed by atoms with van der Waals surface area (Å²) in [6, 6.07) is 1.65. The molecule has 0 spiro atoms. The van der Waals surface area contributed by atoms with Crippen molar-refractivity contribution in [1.82, 2.24) is 0 Å². The minimum absolute atomic E-state index is 0.0286. The van der Waals surface area contributed by atoms with E-state index in [2.05, 4.69) is 15.9 Å². The Bertz CT molecular complexity index is 482. The van der Waals surface area contributed by atoms with Gasteiger partial charge in [0.05, 0.1) is 5.56 Å². The monoisotopic (exact) mass is 298 g/mol. The molecule has 0 bridgehead atoms. The van der Waals surface area contributed by atoms with E-state index in [-0.39, 0.29) is 12.2 Å². The highest BCUT2D eigenvalue weighted by Gasteiger charge is 2.23. The highest BCUT2D eigenvalue weighted by molar-refractivity contribution is 9.10. The molecule has 0 saturated heterocycles. The van der Waals surface area contributed by atoms with Gasteiger partial charge in [-0.3, -0.25) is 9.59 Å². The van der Waals surface area contributed by atoms with Crippen molar-refractivity contribution < 1.29 is 19.1 Å². The molecule has 17 heavy (non-hydrogen) atoms. The molecule has 0 saturated carbocycles. The van der Waals surface area contributed by atoms with Crippen molar-refractivity contribution >= 4 is 28.0 Å². The standard InChI is InChI=1S/C12H11BrO4/c1-7(15)4-9-10(13)5-8(6-14)11-12(9)17-3-2-16-11/h5-6H,2-4H2,1H3. The largest absolute Gasteiger partial charge is 0.486 e. The minimum Gasteiger partial charge on any atom is -0.486 e. The first-order valence-corrected chi connectivity index (χ1v) is 5.98. The van der Waals surface area contributed by atoms with Gasteiger partial charge in [0, 0.05) is 16.5 Å². The van der Waals surface area contributed by atoms with Crippen molar-refractivity contribution in [2.75, 3.05) is 13.2 Å². The molecule has 0 atom stereocenters. The molecule has 2 rings (SSSR count). The number of benzene rings is 1. The lowest BCUT2D eigenvalue weighted by molar-refractivity contribution is -0.116. The lowest BCUT2D eigenvalue weighted by Gasteiger charge is -2.23. The topological polar surface area (TPSA) is 52.6 Å². The molecule has 1 aromatic rings. The SMILES string of the molecule is CC(=O)Cc1c(Br)cc(C=O)c2c1OCCO2. The number of carbonyl (C=O) groups is 2. The minimum atomic E-state index is 0.0286. The molecule has 0 unspecified atom stereocenters. The van der Waals surface area contributed by atoms with E-state index in [0.717, 1.165) is 11.8 Å². The molecule has 1 aliphatic rings. The van der Waals surface area contributed by atoms with E-state index >= 15 is 0 Å². The van der Waals surface area contributed by atoms with Crippen molar-refractivity contribution in [1.29, 1.82) is 0 Å². The van der Waals surface area contributed by atoms with Crippen LogP contribution in [0.5, 0.6) is 11.5 Å². The van der Waals surface area contributed by atoms with E-state index in [9.17, 15) is 9.59 Å². The molecule has 1 aromatic carbocycles. The first-order chi connectivity index (χ1) is 8.13. The normalized spacial score (nSPS) is 13.3. The third kappa shape index (κ3) is 2.34. The number of carbonyl (C=O) groups excluding carboxylic acids is 2. The number of hydrogen-bond acceptors (Lipinski definition) is 4. The molecule has 0 radical (unpaired) electrons. The van der Waals surface area contributed by atoms with Crippen LogP contribution < -0.4 is 9.47 Å². The van der Waals surface area contributed by atoms with Gasteiger partial charge in [0.15, 0.2) is 17.8 Å². The molecular formula is C12H11BrO4. The number of ketones is 1. The third-order valence-corrected chi connectivity index (χ3v) is 3.15. The van der Waals surface area contributed by atoms with Crippen LogP contribution in [0.2, 0.25) is 0 Å². The summed E-state index contributed by atoms with van der Waals surface area (Å²) in [4.78, 5) is 22.2. The molecule has 5 heteroatoms. The number of fused-ring (bicyclic) bond motifs is 1. The van der Waals surface area contributed by atoms with E-state index in [4.69, 9.17) is 9.47 Å². The maximum Gasteiger partial charge on any atom is 0.172 e. The molecule has 1 aliphatic heterocycles. The summed E-state index contributed by atoms with van der Waals surface area (Å²) in [5.74, 6) is 0.967. The lowest BCUT2D eigenvalue weighted by atomic mass is 10.0. The van der Waals surface area contributed by atoms with Crippen LogP contribution in [0.25, 0.3) is 0 Å². The molecule has 0 fully saturated rings. The summed E-state index contributed by atoms with van der Waals surface area (Å²) in [6.45, 7) is 2.35. The zero-order valence-electron chi connectivity index (χ0n) is 9.29. The summed E-state index contributed by atoms with van der Waals surface area (Å²) < 4.78 is 11.6. The number of ether oxygens (including phenoxy) is 2. The third-order valence-electron chi connectivity index (χ3n) is 2.44. The van der Waals surface area contributed by atoms with Crippen LogP contribution in [0.1, 0.15) is 22.8 Å². The van der Waals surface area contributed by atoms with E-state index in [1.165, 1.54) is 6.92 Å². The predicted octanol–water partition coefficient (Wildman–Crippen LogP) is 2.16. The van der Waals surface area contributed by atoms with Crippen LogP contribution >= 0.6 is 15.9 Å². The Morgan fingerprint density at radius 1 is 1.41 bits per heavy atom. The highest BCUT2D eigenvalue weighted by Crippen LogP contribution is 2.41. The van der Waals surface area contributed by atoms with Gasteiger partial charge >= 0.3 is 0 Å². The number of aldehydes is 1. The van der Waals surface area contributed by atoms with Crippen LogP contribution in [0, 0.1) is 0 Å².